The number of rotatable bonds is 5. The molecule has 0 saturated heterocycles. The number of nitrogens with zero attached hydrogens (tertiary/aromatic N) is 1. The van der Waals surface area contributed by atoms with E-state index >= 15 is 0 Å². The molecule has 1 aromatic rings. The number of nitrogens with two attached hydrogens (primary N) is 1. The molecular weight excluding hydrogens is 276 g/mol. The van der Waals surface area contributed by atoms with Crippen LogP contribution in [-0.2, 0) is 9.84 Å². The van der Waals surface area contributed by atoms with Crippen LogP contribution in [-0.4, -0.2) is 38.1 Å². The lowest BCUT2D eigenvalue weighted by molar-refractivity contribution is 0.0743. The molecule has 0 spiro atoms. The molecule has 0 aliphatic heterocycles. The van der Waals surface area contributed by atoms with Gasteiger partial charge in [-0.05, 0) is 37.5 Å². The van der Waals surface area contributed by atoms with E-state index in [-0.39, 0.29) is 10.8 Å². The van der Waals surface area contributed by atoms with Gasteiger partial charge >= 0.3 is 0 Å². The standard InChI is InChI=1S/C14H20N2O3S/c1-3-6-16(12-4-5-12)14(17)10-7-11(15)9-13(8-10)20(2,18)19/h7-9,12H,3-6,15H2,1-2H3. The zero-order chi connectivity index (χ0) is 14.9. The van der Waals surface area contributed by atoms with Gasteiger partial charge in [-0.25, -0.2) is 8.42 Å². The predicted molar refractivity (Wildman–Crippen MR) is 78.3 cm³/mol. The molecule has 1 aliphatic rings. The van der Waals surface area contributed by atoms with Gasteiger partial charge in [0.15, 0.2) is 9.84 Å². The lowest BCUT2D eigenvalue weighted by Gasteiger charge is -2.22. The normalized spacial score (nSPS) is 15.1. The molecule has 0 atom stereocenters. The molecule has 20 heavy (non-hydrogen) atoms. The zero-order valence-corrected chi connectivity index (χ0v) is 12.6. The molecule has 5 nitrogen and oxygen atoms in total. The van der Waals surface area contributed by atoms with Gasteiger partial charge in [-0.3, -0.25) is 4.79 Å². The monoisotopic (exact) mass is 296 g/mol. The third-order valence-electron chi connectivity index (χ3n) is 3.32. The Balaban J connectivity index is 2.36. The molecule has 1 aliphatic carbocycles. The summed E-state index contributed by atoms with van der Waals surface area (Å²) in [5, 5.41) is 0. The van der Waals surface area contributed by atoms with Gasteiger partial charge in [0.25, 0.3) is 5.91 Å². The van der Waals surface area contributed by atoms with Crippen molar-refractivity contribution < 1.29 is 13.2 Å². The van der Waals surface area contributed by atoms with Crippen molar-refractivity contribution in [3.8, 4) is 0 Å². The summed E-state index contributed by atoms with van der Waals surface area (Å²) >= 11 is 0. The van der Waals surface area contributed by atoms with Crippen molar-refractivity contribution in [1.82, 2.24) is 4.90 Å². The van der Waals surface area contributed by atoms with Gasteiger partial charge in [-0.1, -0.05) is 6.92 Å². The molecule has 2 rings (SSSR count). The molecule has 1 saturated carbocycles. The van der Waals surface area contributed by atoms with Crippen LogP contribution in [0.2, 0.25) is 0 Å². The topological polar surface area (TPSA) is 80.5 Å². The number of hydrogen-bond donors (Lipinski definition) is 1. The Kier molecular flexibility index (Phi) is 4.04. The number of benzene rings is 1. The Morgan fingerprint density at radius 3 is 2.50 bits per heavy atom. The summed E-state index contributed by atoms with van der Waals surface area (Å²) in [6.45, 7) is 2.70. The second-order valence-corrected chi connectivity index (χ2v) is 7.31. The van der Waals surface area contributed by atoms with Gasteiger partial charge in [0, 0.05) is 30.1 Å². The van der Waals surface area contributed by atoms with Crippen molar-refractivity contribution in [3.05, 3.63) is 23.8 Å². The fraction of sp³-hybridized carbons (Fsp3) is 0.500. The number of anilines is 1. The van der Waals surface area contributed by atoms with Crippen LogP contribution in [0.1, 0.15) is 36.5 Å². The molecule has 0 radical (unpaired) electrons. The first-order valence-corrected chi connectivity index (χ1v) is 8.63. The summed E-state index contributed by atoms with van der Waals surface area (Å²) in [4.78, 5) is 14.4. The maximum Gasteiger partial charge on any atom is 0.254 e. The lowest BCUT2D eigenvalue weighted by atomic mass is 10.1. The van der Waals surface area contributed by atoms with E-state index in [1.54, 1.807) is 6.07 Å². The molecule has 2 N–H and O–H groups in total. The van der Waals surface area contributed by atoms with E-state index in [0.717, 1.165) is 25.5 Å². The molecule has 110 valence electrons. The fourth-order valence-electron chi connectivity index (χ4n) is 2.20. The summed E-state index contributed by atoms with van der Waals surface area (Å²) in [5.41, 5.74) is 6.37. The number of sulfone groups is 1. The molecule has 1 fully saturated rings. The first-order chi connectivity index (χ1) is 9.32. The average Bonchev–Trinajstić information content (AvgIpc) is 3.17. The molecule has 0 unspecified atom stereocenters. The Labute approximate surface area is 119 Å². The van der Waals surface area contributed by atoms with Crippen molar-refractivity contribution in [2.24, 2.45) is 0 Å². The third kappa shape index (κ3) is 3.30. The van der Waals surface area contributed by atoms with Gasteiger partial charge < -0.3 is 10.6 Å². The van der Waals surface area contributed by atoms with Crippen LogP contribution in [0.5, 0.6) is 0 Å². The highest BCUT2D eigenvalue weighted by molar-refractivity contribution is 7.90. The van der Waals surface area contributed by atoms with Crippen LogP contribution in [0.25, 0.3) is 0 Å². The summed E-state index contributed by atoms with van der Waals surface area (Å²) in [6, 6.07) is 4.64. The van der Waals surface area contributed by atoms with Crippen LogP contribution in [0.15, 0.2) is 23.1 Å². The molecule has 0 aromatic heterocycles. The second kappa shape index (κ2) is 5.44. The Morgan fingerprint density at radius 1 is 1.35 bits per heavy atom. The van der Waals surface area contributed by atoms with Gasteiger partial charge in [-0.15, -0.1) is 0 Å². The summed E-state index contributed by atoms with van der Waals surface area (Å²) in [6.07, 6.45) is 4.03. The quantitative estimate of drug-likeness (QED) is 0.838. The van der Waals surface area contributed by atoms with Crippen LogP contribution in [0.4, 0.5) is 5.69 Å². The van der Waals surface area contributed by atoms with Crippen molar-refractivity contribution in [3.63, 3.8) is 0 Å². The first kappa shape index (κ1) is 14.8. The maximum atomic E-state index is 12.5. The Morgan fingerprint density at radius 2 is 2.00 bits per heavy atom. The van der Waals surface area contributed by atoms with E-state index in [9.17, 15) is 13.2 Å². The van der Waals surface area contributed by atoms with Gasteiger partial charge in [0.2, 0.25) is 0 Å². The number of nitrogen functional groups attached to an aromatic ring is 1. The minimum atomic E-state index is -3.37. The SMILES string of the molecule is CCCN(C(=O)c1cc(N)cc(S(C)(=O)=O)c1)C1CC1. The maximum absolute atomic E-state index is 12.5. The third-order valence-corrected chi connectivity index (χ3v) is 4.41. The van der Waals surface area contributed by atoms with Crippen molar-refractivity contribution in [2.75, 3.05) is 18.5 Å². The van der Waals surface area contributed by atoms with Gasteiger partial charge in [-0.2, -0.15) is 0 Å². The number of carbonyl (C=O) groups excluding carboxylic acids is 1. The van der Waals surface area contributed by atoms with Gasteiger partial charge in [0.05, 0.1) is 4.90 Å². The first-order valence-electron chi connectivity index (χ1n) is 6.74. The van der Waals surface area contributed by atoms with Crippen LogP contribution in [0.3, 0.4) is 0 Å². The van der Waals surface area contributed by atoms with Gasteiger partial charge in [0.1, 0.15) is 0 Å². The average molecular weight is 296 g/mol. The number of hydrogen-bond acceptors (Lipinski definition) is 4. The molecule has 1 amide bonds. The molecule has 0 heterocycles. The van der Waals surface area contributed by atoms with E-state index in [0.29, 0.717) is 23.8 Å². The van der Waals surface area contributed by atoms with E-state index in [1.807, 2.05) is 11.8 Å². The molecular formula is C14H20N2O3S. The smallest absolute Gasteiger partial charge is 0.254 e. The summed E-state index contributed by atoms with van der Waals surface area (Å²) in [5.74, 6) is -0.133. The van der Waals surface area contributed by atoms with E-state index in [2.05, 4.69) is 0 Å². The minimum Gasteiger partial charge on any atom is -0.399 e. The lowest BCUT2D eigenvalue weighted by Crippen LogP contribution is -2.33. The largest absolute Gasteiger partial charge is 0.399 e. The predicted octanol–water partition coefficient (Wildman–Crippen LogP) is 1.69. The number of amides is 1. The van der Waals surface area contributed by atoms with Crippen LogP contribution >= 0.6 is 0 Å². The molecule has 0 bridgehead atoms. The Bertz CT molecular complexity index is 621. The molecule has 1 aromatic carbocycles. The van der Waals surface area contributed by atoms with Crippen molar-refractivity contribution in [1.29, 1.82) is 0 Å². The zero-order valence-electron chi connectivity index (χ0n) is 11.8. The Hall–Kier alpha value is -1.56. The van der Waals surface area contributed by atoms with E-state index in [1.165, 1.54) is 12.1 Å². The van der Waals surface area contributed by atoms with Crippen molar-refractivity contribution >= 4 is 21.4 Å². The van der Waals surface area contributed by atoms with E-state index < -0.39 is 9.84 Å². The van der Waals surface area contributed by atoms with E-state index in [4.69, 9.17) is 5.73 Å². The second-order valence-electron chi connectivity index (χ2n) is 5.29. The summed E-state index contributed by atoms with van der Waals surface area (Å²) in [7, 11) is -3.37. The minimum absolute atomic E-state index is 0.0908. The van der Waals surface area contributed by atoms with Crippen molar-refractivity contribution in [2.45, 2.75) is 37.1 Å². The highest BCUT2D eigenvalue weighted by Gasteiger charge is 2.32. The van der Waals surface area contributed by atoms with Crippen LogP contribution in [0, 0.1) is 0 Å². The highest BCUT2D eigenvalue weighted by atomic mass is 32.2. The highest BCUT2D eigenvalue weighted by Crippen LogP contribution is 2.29. The van der Waals surface area contributed by atoms with Crippen LogP contribution < -0.4 is 5.73 Å². The number of carbonyl (C=O) groups is 1. The fourth-order valence-corrected chi connectivity index (χ4v) is 2.89. The summed E-state index contributed by atoms with van der Waals surface area (Å²) < 4.78 is 23.2. The molecule has 6 heteroatoms.